The first-order chi connectivity index (χ1) is 16.6. The van der Waals surface area contributed by atoms with E-state index in [1.165, 1.54) is 0 Å². The van der Waals surface area contributed by atoms with Crippen molar-refractivity contribution >= 4 is 34.3 Å². The molecule has 2 aliphatic heterocycles. The molecule has 2 saturated heterocycles. The molecule has 1 unspecified atom stereocenters. The summed E-state index contributed by atoms with van der Waals surface area (Å²) < 4.78 is 21.9. The van der Waals surface area contributed by atoms with Crippen molar-refractivity contribution in [3.05, 3.63) is 29.4 Å². The van der Waals surface area contributed by atoms with Gasteiger partial charge in [-0.2, -0.15) is 0 Å². The maximum atomic E-state index is 6.68. The summed E-state index contributed by atoms with van der Waals surface area (Å²) in [6.45, 7) is 2.84. The summed E-state index contributed by atoms with van der Waals surface area (Å²) in [5.41, 5.74) is 2.13. The fraction of sp³-hybridized carbons (Fsp3) is 0.458. The van der Waals surface area contributed by atoms with Gasteiger partial charge in [-0.15, -0.1) is 0 Å². The normalized spacial score (nSPS) is 18.7. The lowest BCUT2D eigenvalue weighted by Gasteiger charge is -2.24. The van der Waals surface area contributed by atoms with Crippen LogP contribution in [0, 0.1) is 0 Å². The number of methoxy groups -OCH3 is 2. The number of aromatic nitrogens is 3. The highest BCUT2D eigenvalue weighted by atomic mass is 35.5. The monoisotopic (exact) mass is 485 g/mol. The number of fused-ring (bicyclic) bond motifs is 1. The maximum absolute atomic E-state index is 6.68. The Morgan fingerprint density at radius 2 is 1.74 bits per heavy atom. The molecule has 1 aromatic carbocycles. The van der Waals surface area contributed by atoms with E-state index in [-0.39, 0.29) is 12.1 Å². The number of nitrogens with one attached hydrogen (secondary N) is 2. The minimum atomic E-state index is 0.208. The predicted molar refractivity (Wildman–Crippen MR) is 131 cm³/mol. The number of hydrogen-bond acceptors (Lipinski definition) is 9. The molecule has 2 N–H and O–H groups in total. The lowest BCUT2D eigenvalue weighted by Crippen LogP contribution is -2.28. The van der Waals surface area contributed by atoms with Crippen molar-refractivity contribution in [2.24, 2.45) is 0 Å². The maximum Gasteiger partial charge on any atom is 0.223 e. The Hall–Kier alpha value is -2.88. The third kappa shape index (κ3) is 4.82. The largest absolute Gasteiger partial charge is 0.497 e. The highest BCUT2D eigenvalue weighted by Gasteiger charge is 2.21. The van der Waals surface area contributed by atoms with Gasteiger partial charge in [0.05, 0.1) is 37.6 Å². The lowest BCUT2D eigenvalue weighted by atomic mass is 10.1. The van der Waals surface area contributed by atoms with E-state index in [1.807, 2.05) is 18.3 Å². The lowest BCUT2D eigenvalue weighted by molar-refractivity contribution is 0.0904. The van der Waals surface area contributed by atoms with E-state index >= 15 is 0 Å². The first-order valence-electron chi connectivity index (χ1n) is 11.4. The number of ether oxygens (including phenoxy) is 4. The SMILES string of the molecule is COc1cc(OC)c(Cl)c(-c2cc3cnc(NC4CCOC4)nc3c(NC3CCOCC3)n2)c1. The van der Waals surface area contributed by atoms with Crippen LogP contribution in [-0.2, 0) is 9.47 Å². The molecule has 0 saturated carbocycles. The quantitative estimate of drug-likeness (QED) is 0.511. The van der Waals surface area contributed by atoms with Crippen molar-refractivity contribution in [1.29, 1.82) is 0 Å². The van der Waals surface area contributed by atoms with Gasteiger partial charge in [-0.05, 0) is 31.4 Å². The molecule has 0 spiro atoms. The zero-order chi connectivity index (χ0) is 23.5. The number of anilines is 2. The molecule has 2 aromatic heterocycles. The minimum absolute atomic E-state index is 0.208. The summed E-state index contributed by atoms with van der Waals surface area (Å²) in [5.74, 6) is 2.40. The molecule has 3 aromatic rings. The van der Waals surface area contributed by atoms with Gasteiger partial charge in [0.1, 0.15) is 17.0 Å². The predicted octanol–water partition coefficient (Wildman–Crippen LogP) is 4.15. The number of hydrogen-bond donors (Lipinski definition) is 2. The molecule has 5 rings (SSSR count). The summed E-state index contributed by atoms with van der Waals surface area (Å²) >= 11 is 6.68. The topological polar surface area (TPSA) is 99.7 Å². The molecule has 0 bridgehead atoms. The fourth-order valence-electron chi connectivity index (χ4n) is 4.24. The van der Waals surface area contributed by atoms with Crippen molar-refractivity contribution in [1.82, 2.24) is 15.0 Å². The number of rotatable bonds is 7. The Bertz CT molecular complexity index is 1170. The zero-order valence-corrected chi connectivity index (χ0v) is 20.0. The van der Waals surface area contributed by atoms with Gasteiger partial charge in [0, 0.05) is 49.1 Å². The third-order valence-corrected chi connectivity index (χ3v) is 6.53. The van der Waals surface area contributed by atoms with Crippen LogP contribution in [0.4, 0.5) is 11.8 Å². The van der Waals surface area contributed by atoms with Gasteiger partial charge < -0.3 is 29.6 Å². The highest BCUT2D eigenvalue weighted by molar-refractivity contribution is 6.34. The first kappa shape index (κ1) is 22.9. The van der Waals surface area contributed by atoms with Crippen LogP contribution in [0.5, 0.6) is 11.5 Å². The van der Waals surface area contributed by atoms with Gasteiger partial charge in [-0.25, -0.2) is 15.0 Å². The number of pyridine rings is 1. The summed E-state index contributed by atoms with van der Waals surface area (Å²) in [6, 6.07) is 5.99. The van der Waals surface area contributed by atoms with Crippen LogP contribution in [0.2, 0.25) is 5.02 Å². The van der Waals surface area contributed by atoms with Crippen LogP contribution in [0.15, 0.2) is 24.4 Å². The zero-order valence-electron chi connectivity index (χ0n) is 19.3. The van der Waals surface area contributed by atoms with Crippen LogP contribution >= 0.6 is 11.6 Å². The smallest absolute Gasteiger partial charge is 0.223 e. The second-order valence-electron chi connectivity index (χ2n) is 8.41. The summed E-state index contributed by atoms with van der Waals surface area (Å²) in [4.78, 5) is 14.3. The average molecular weight is 486 g/mol. The van der Waals surface area contributed by atoms with Gasteiger partial charge in [-0.1, -0.05) is 11.6 Å². The molecular formula is C24H28ClN5O4. The van der Waals surface area contributed by atoms with Crippen molar-refractivity contribution in [2.45, 2.75) is 31.3 Å². The molecule has 10 heteroatoms. The molecule has 4 heterocycles. The Labute approximate surface area is 203 Å². The van der Waals surface area contributed by atoms with Gasteiger partial charge in [-0.3, -0.25) is 0 Å². The second-order valence-corrected chi connectivity index (χ2v) is 8.79. The second kappa shape index (κ2) is 10.2. The van der Waals surface area contributed by atoms with Crippen molar-refractivity contribution in [3.8, 4) is 22.8 Å². The molecule has 9 nitrogen and oxygen atoms in total. The summed E-state index contributed by atoms with van der Waals surface area (Å²) in [7, 11) is 3.18. The Balaban J connectivity index is 1.59. The molecule has 2 fully saturated rings. The van der Waals surface area contributed by atoms with Gasteiger partial charge in [0.25, 0.3) is 0 Å². The van der Waals surface area contributed by atoms with E-state index < -0.39 is 0 Å². The van der Waals surface area contributed by atoms with Crippen molar-refractivity contribution < 1.29 is 18.9 Å². The summed E-state index contributed by atoms with van der Waals surface area (Å²) in [5, 5.41) is 8.28. The van der Waals surface area contributed by atoms with E-state index in [1.54, 1.807) is 20.3 Å². The van der Waals surface area contributed by atoms with E-state index in [2.05, 4.69) is 15.6 Å². The summed E-state index contributed by atoms with van der Waals surface area (Å²) in [6.07, 6.45) is 4.54. The van der Waals surface area contributed by atoms with Crippen LogP contribution in [0.3, 0.4) is 0 Å². The molecule has 0 aliphatic carbocycles. The van der Waals surface area contributed by atoms with Crippen molar-refractivity contribution in [2.75, 3.05) is 51.3 Å². The molecule has 34 heavy (non-hydrogen) atoms. The molecule has 2 aliphatic rings. The minimum Gasteiger partial charge on any atom is -0.497 e. The fourth-order valence-corrected chi connectivity index (χ4v) is 4.52. The third-order valence-electron chi connectivity index (χ3n) is 6.14. The first-order valence-corrected chi connectivity index (χ1v) is 11.8. The Kier molecular flexibility index (Phi) is 6.85. The van der Waals surface area contributed by atoms with Crippen LogP contribution in [-0.4, -0.2) is 67.7 Å². The number of halogens is 1. The van der Waals surface area contributed by atoms with E-state index in [4.69, 9.17) is 40.5 Å². The van der Waals surface area contributed by atoms with Gasteiger partial charge in [0.15, 0.2) is 5.82 Å². The molecule has 1 atom stereocenters. The van der Waals surface area contributed by atoms with Gasteiger partial charge >= 0.3 is 0 Å². The van der Waals surface area contributed by atoms with E-state index in [9.17, 15) is 0 Å². The standard InChI is InChI=1S/C24H28ClN5O4/c1-31-17-10-18(21(25)20(11-17)32-2)19-9-14-12-26-24(28-16-5-8-34-13-16)30-22(14)23(29-19)27-15-3-6-33-7-4-15/h9-12,15-16H,3-8,13H2,1-2H3,(H,27,29)(H,26,28,30). The van der Waals surface area contributed by atoms with E-state index in [0.717, 1.165) is 50.0 Å². The van der Waals surface area contributed by atoms with Crippen molar-refractivity contribution in [3.63, 3.8) is 0 Å². The number of nitrogens with zero attached hydrogens (tertiary/aromatic N) is 3. The van der Waals surface area contributed by atoms with E-state index in [0.29, 0.717) is 46.2 Å². The molecule has 0 amide bonds. The van der Waals surface area contributed by atoms with Crippen LogP contribution in [0.25, 0.3) is 22.2 Å². The van der Waals surface area contributed by atoms with Gasteiger partial charge in [0.2, 0.25) is 5.95 Å². The van der Waals surface area contributed by atoms with Crippen LogP contribution in [0.1, 0.15) is 19.3 Å². The molecule has 180 valence electrons. The highest BCUT2D eigenvalue weighted by Crippen LogP contribution is 2.40. The Morgan fingerprint density at radius 1 is 0.941 bits per heavy atom. The Morgan fingerprint density at radius 3 is 2.47 bits per heavy atom. The molecular weight excluding hydrogens is 458 g/mol. The number of benzene rings is 1. The van der Waals surface area contributed by atoms with Crippen LogP contribution < -0.4 is 20.1 Å². The average Bonchev–Trinajstić information content (AvgIpc) is 3.38. The molecule has 0 radical (unpaired) electrons.